The number of nitrogens with one attached hydrogen (secondary N) is 2. The number of aromatic amines is 1. The van der Waals surface area contributed by atoms with Gasteiger partial charge >= 0.3 is 11.0 Å². The van der Waals surface area contributed by atoms with Gasteiger partial charge in [-0.1, -0.05) is 53.8 Å². The van der Waals surface area contributed by atoms with E-state index in [0.29, 0.717) is 11.4 Å². The molecule has 3 amide bonds. The van der Waals surface area contributed by atoms with Crippen molar-refractivity contribution in [2.75, 3.05) is 16.8 Å². The number of carbonyl (C=O) groups excluding carboxylic acids is 3. The van der Waals surface area contributed by atoms with E-state index in [1.165, 1.54) is 23.1 Å². The fourth-order valence-electron chi connectivity index (χ4n) is 8.17. The van der Waals surface area contributed by atoms with Crippen LogP contribution in [0.5, 0.6) is 5.75 Å². The molecule has 1 saturated heterocycles. The van der Waals surface area contributed by atoms with Crippen LogP contribution in [0.25, 0.3) is 0 Å². The van der Waals surface area contributed by atoms with Gasteiger partial charge in [-0.2, -0.15) is 13.2 Å². The van der Waals surface area contributed by atoms with Crippen LogP contribution < -0.4 is 19.8 Å². The lowest BCUT2D eigenvalue weighted by atomic mass is 9.68. The number of nitrogens with zero attached hydrogens (tertiary/aromatic N) is 1. The molecule has 2 aliphatic carbocycles. The summed E-state index contributed by atoms with van der Waals surface area (Å²) in [6, 6.07) is 20.9. The largest absolute Gasteiger partial charge is 0.484 e. The van der Waals surface area contributed by atoms with Crippen LogP contribution in [0.1, 0.15) is 28.3 Å². The number of thiazole rings is 1. The van der Waals surface area contributed by atoms with Crippen LogP contribution >= 0.6 is 23.1 Å². The predicted octanol–water partition coefficient (Wildman–Crippen LogP) is 6.15. The number of alkyl halides is 3. The highest BCUT2D eigenvalue weighted by atomic mass is 32.2. The Bertz CT molecular complexity index is 1960. The third-order valence-corrected chi connectivity index (χ3v) is 12.4. The first kappa shape index (κ1) is 30.0. The van der Waals surface area contributed by atoms with Crippen molar-refractivity contribution in [2.24, 2.45) is 29.6 Å². The summed E-state index contributed by atoms with van der Waals surface area (Å²) < 4.78 is 45.6. The second-order valence-electron chi connectivity index (χ2n) is 12.3. The van der Waals surface area contributed by atoms with Crippen molar-refractivity contribution in [3.05, 3.63) is 105 Å². The monoisotopic (exact) mass is 677 g/mol. The zero-order chi connectivity index (χ0) is 32.6. The van der Waals surface area contributed by atoms with Crippen molar-refractivity contribution in [1.82, 2.24) is 4.98 Å². The van der Waals surface area contributed by atoms with Gasteiger partial charge in [0.2, 0.25) is 11.8 Å². The second kappa shape index (κ2) is 11.1. The standard InChI is InChI=1S/C34H26F3N3O5S2/c35-34(36,37)21-8-4-5-9-22(21)38-23(41)15-45-18-12-10-16(11-13-18)24-25-19-14-20(28(25)46-30-29(24)47-33(44)39-30)27-26(19)31(42)40(32(27)43)17-6-2-1-3-7-17/h1-13,19-20,24-28H,14-15H2,(H,38,41)(H,39,44)/t19?,20?,24-,25?,26?,27?,28?/m1/s1. The molecule has 8 rings (SSSR count). The molecule has 0 spiro atoms. The second-order valence-corrected chi connectivity index (χ2v) is 14.5. The first-order chi connectivity index (χ1) is 22.6. The summed E-state index contributed by atoms with van der Waals surface area (Å²) in [7, 11) is 0. The Morgan fingerprint density at radius 1 is 0.915 bits per heavy atom. The van der Waals surface area contributed by atoms with Gasteiger partial charge in [0, 0.05) is 16.0 Å². The summed E-state index contributed by atoms with van der Waals surface area (Å²) in [4.78, 5) is 57.7. The first-order valence-electron chi connectivity index (χ1n) is 15.1. The van der Waals surface area contributed by atoms with Gasteiger partial charge in [0.1, 0.15) is 5.75 Å². The number of halogens is 3. The van der Waals surface area contributed by atoms with Crippen molar-refractivity contribution < 1.29 is 32.3 Å². The molecule has 2 aliphatic heterocycles. The van der Waals surface area contributed by atoms with Crippen LogP contribution in [-0.4, -0.2) is 34.6 Å². The van der Waals surface area contributed by atoms with Gasteiger partial charge in [0.25, 0.3) is 5.91 Å². The van der Waals surface area contributed by atoms with Crippen LogP contribution in [0.3, 0.4) is 0 Å². The predicted molar refractivity (Wildman–Crippen MR) is 169 cm³/mol. The molecule has 6 unspecified atom stereocenters. The average molecular weight is 678 g/mol. The maximum atomic E-state index is 13.8. The van der Waals surface area contributed by atoms with Gasteiger partial charge in [-0.05, 0) is 66.1 Å². The molecule has 7 atom stereocenters. The van der Waals surface area contributed by atoms with E-state index < -0.39 is 30.2 Å². The molecule has 0 radical (unpaired) electrons. The number of rotatable bonds is 6. The molecule has 2 bridgehead atoms. The van der Waals surface area contributed by atoms with Crippen LogP contribution in [0, 0.1) is 29.6 Å². The number of benzene rings is 3. The Hall–Kier alpha value is -4.36. The molecule has 4 aliphatic rings. The summed E-state index contributed by atoms with van der Waals surface area (Å²) in [5, 5.41) is 3.10. The van der Waals surface area contributed by atoms with Crippen molar-refractivity contribution in [2.45, 2.75) is 28.8 Å². The van der Waals surface area contributed by atoms with Gasteiger partial charge in [0.05, 0.1) is 33.8 Å². The highest BCUT2D eigenvalue weighted by Crippen LogP contribution is 2.68. The number of aromatic nitrogens is 1. The Morgan fingerprint density at radius 3 is 2.32 bits per heavy atom. The molecule has 3 heterocycles. The SMILES string of the molecule is O=C(COc1ccc([C@H]2c3sc(=O)[nH]c3SC3C4CC(C5C(=O)N(c6ccccc6)C(=O)C45)C32)cc1)Nc1ccccc1C(F)(F)F. The maximum absolute atomic E-state index is 13.8. The summed E-state index contributed by atoms with van der Waals surface area (Å²) in [6.07, 6.45) is -3.85. The number of imide groups is 1. The van der Waals surface area contributed by atoms with Gasteiger partial charge < -0.3 is 15.0 Å². The fourth-order valence-corrected chi connectivity index (χ4v) is 11.1. The number of fused-ring (bicyclic) bond motifs is 9. The van der Waals surface area contributed by atoms with Crippen molar-refractivity contribution >= 4 is 52.2 Å². The van der Waals surface area contributed by atoms with E-state index in [1.807, 2.05) is 30.3 Å². The number of amides is 3. The number of carbonyl (C=O) groups is 3. The zero-order valence-corrected chi connectivity index (χ0v) is 26.0. The molecule has 3 aromatic carbocycles. The van der Waals surface area contributed by atoms with Crippen molar-refractivity contribution in [3.63, 3.8) is 0 Å². The molecule has 13 heteroatoms. The molecule has 2 N–H and O–H groups in total. The van der Waals surface area contributed by atoms with Crippen LogP contribution in [0.2, 0.25) is 0 Å². The molecule has 4 aromatic rings. The van der Waals surface area contributed by atoms with Gasteiger partial charge in [-0.3, -0.25) is 24.1 Å². The lowest BCUT2D eigenvalue weighted by Crippen LogP contribution is -2.42. The molecular weight excluding hydrogens is 652 g/mol. The molecule has 1 aromatic heterocycles. The normalized spacial score (nSPS) is 27.4. The smallest absolute Gasteiger partial charge is 0.418 e. The summed E-state index contributed by atoms with van der Waals surface area (Å²) in [6.45, 7) is -0.499. The number of ether oxygens (including phenoxy) is 1. The van der Waals surface area contributed by atoms with Gasteiger partial charge in [-0.25, -0.2) is 0 Å². The molecule has 3 fully saturated rings. The molecule has 240 valence electrons. The molecule has 8 nitrogen and oxygen atoms in total. The number of hydrogen-bond acceptors (Lipinski definition) is 7. The van der Waals surface area contributed by atoms with E-state index in [1.54, 1.807) is 36.0 Å². The number of anilines is 2. The lowest BCUT2D eigenvalue weighted by molar-refractivity contribution is -0.137. The van der Waals surface area contributed by atoms with E-state index in [2.05, 4.69) is 10.3 Å². The van der Waals surface area contributed by atoms with E-state index in [0.717, 1.165) is 39.3 Å². The van der Waals surface area contributed by atoms with E-state index in [-0.39, 0.29) is 57.2 Å². The van der Waals surface area contributed by atoms with Crippen molar-refractivity contribution in [1.29, 1.82) is 0 Å². The van der Waals surface area contributed by atoms with Gasteiger partial charge in [-0.15, -0.1) is 11.8 Å². The Balaban J connectivity index is 1.03. The minimum Gasteiger partial charge on any atom is -0.484 e. The molecular formula is C34H26F3N3O5S2. The topological polar surface area (TPSA) is 109 Å². The summed E-state index contributed by atoms with van der Waals surface area (Å²) in [5.74, 6) is -1.73. The Kier molecular flexibility index (Phi) is 7.10. The van der Waals surface area contributed by atoms with Crippen LogP contribution in [-0.2, 0) is 20.6 Å². The first-order valence-corrected chi connectivity index (χ1v) is 16.8. The van der Waals surface area contributed by atoms with Gasteiger partial charge in [0.15, 0.2) is 6.61 Å². The highest BCUT2D eigenvalue weighted by Gasteiger charge is 2.69. The maximum Gasteiger partial charge on any atom is 0.418 e. The Labute approximate surface area is 274 Å². The summed E-state index contributed by atoms with van der Waals surface area (Å²) in [5.41, 5.74) is 0.197. The van der Waals surface area contributed by atoms with Crippen LogP contribution in [0.15, 0.2) is 88.7 Å². The Morgan fingerprint density at radius 2 is 1.60 bits per heavy atom. The third-order valence-electron chi connectivity index (χ3n) is 9.85. The van der Waals surface area contributed by atoms with Crippen LogP contribution in [0.4, 0.5) is 24.5 Å². The zero-order valence-electron chi connectivity index (χ0n) is 24.4. The third kappa shape index (κ3) is 4.89. The van der Waals surface area contributed by atoms with Crippen molar-refractivity contribution in [3.8, 4) is 5.75 Å². The average Bonchev–Trinajstić information content (AvgIpc) is 3.79. The molecule has 47 heavy (non-hydrogen) atoms. The highest BCUT2D eigenvalue weighted by molar-refractivity contribution is 8.00. The quantitative estimate of drug-likeness (QED) is 0.237. The lowest BCUT2D eigenvalue weighted by Gasteiger charge is -2.43. The number of H-pyrrole nitrogens is 1. The molecule has 2 saturated carbocycles. The number of hydrogen-bond donors (Lipinski definition) is 2. The minimum atomic E-state index is -4.62. The number of para-hydroxylation sites is 2. The van der Waals surface area contributed by atoms with E-state index in [4.69, 9.17) is 4.74 Å². The van der Waals surface area contributed by atoms with E-state index >= 15 is 0 Å². The fraction of sp³-hybridized carbons (Fsp3) is 0.294. The summed E-state index contributed by atoms with van der Waals surface area (Å²) >= 11 is 2.77. The van der Waals surface area contributed by atoms with E-state index in [9.17, 15) is 32.3 Å². The number of thioether (sulfide) groups is 1. The minimum absolute atomic E-state index is 0.00666.